The van der Waals surface area contributed by atoms with E-state index in [-0.39, 0.29) is 11.5 Å². The molecule has 0 aliphatic heterocycles. The highest BCUT2D eigenvalue weighted by Gasteiger charge is 2.32. The molecule has 0 saturated heterocycles. The zero-order valence-corrected chi connectivity index (χ0v) is 22.8. The van der Waals surface area contributed by atoms with Gasteiger partial charge in [0.25, 0.3) is 5.56 Å². The Kier molecular flexibility index (Phi) is 8.60. The molecule has 0 bridgehead atoms. The van der Waals surface area contributed by atoms with E-state index >= 15 is 0 Å². The molecule has 3 rings (SSSR count). The van der Waals surface area contributed by atoms with Crippen LogP contribution in [-0.2, 0) is 21.4 Å². The molecule has 1 aromatic heterocycles. The zero-order chi connectivity index (χ0) is 30.8. The zero-order valence-electron chi connectivity index (χ0n) is 22.8. The van der Waals surface area contributed by atoms with Gasteiger partial charge in [-0.15, -0.1) is 0 Å². The fraction of sp³-hybridized carbons (Fsp3) is 0.231. The third-order valence-electron chi connectivity index (χ3n) is 5.35. The molecule has 0 unspecified atom stereocenters. The summed E-state index contributed by atoms with van der Waals surface area (Å²) in [4.78, 5) is 76.8. The third kappa shape index (κ3) is 6.24. The van der Waals surface area contributed by atoms with Crippen molar-refractivity contribution < 1.29 is 42.9 Å². The number of carbonyl (C=O) groups excluding carboxylic acids is 3. The number of amides is 1. The van der Waals surface area contributed by atoms with Crippen molar-refractivity contribution in [2.24, 2.45) is 7.05 Å². The number of carboxylic acid groups (broad SMARTS) is 1. The summed E-state index contributed by atoms with van der Waals surface area (Å²) < 4.78 is 30.6. The maximum atomic E-state index is 13.7. The van der Waals surface area contributed by atoms with Crippen molar-refractivity contribution in [2.45, 2.75) is 20.8 Å². The first-order valence-corrected chi connectivity index (χ1v) is 11.7. The maximum absolute atomic E-state index is 13.7. The van der Waals surface area contributed by atoms with Crippen LogP contribution in [0.15, 0.2) is 46.0 Å². The van der Waals surface area contributed by atoms with Gasteiger partial charge in [-0.05, 0) is 24.3 Å². The van der Waals surface area contributed by atoms with E-state index in [1.54, 1.807) is 0 Å². The Morgan fingerprint density at radius 2 is 1.34 bits per heavy atom. The van der Waals surface area contributed by atoms with Crippen LogP contribution < -0.4 is 35.3 Å². The van der Waals surface area contributed by atoms with Gasteiger partial charge in [0.15, 0.2) is 17.2 Å². The summed E-state index contributed by atoms with van der Waals surface area (Å²) in [6.45, 7) is 3.06. The Morgan fingerprint density at radius 3 is 1.76 bits per heavy atom. The quantitative estimate of drug-likeness (QED) is 0.326. The van der Waals surface area contributed by atoms with Crippen LogP contribution in [-0.4, -0.2) is 52.3 Å². The van der Waals surface area contributed by atoms with E-state index in [1.165, 1.54) is 31.1 Å². The highest BCUT2D eigenvalue weighted by molar-refractivity contribution is 5.99. The molecule has 1 heterocycles. The van der Waals surface area contributed by atoms with Crippen LogP contribution in [0.4, 0.5) is 26.4 Å². The molecule has 0 aliphatic carbocycles. The number of hydrogen-bond acceptors (Lipinski definition) is 10. The number of rotatable bonds is 7. The Morgan fingerprint density at radius 1 is 0.854 bits per heavy atom. The average Bonchev–Trinajstić information content (AvgIpc) is 2.85. The molecule has 3 aromatic rings. The van der Waals surface area contributed by atoms with Gasteiger partial charge < -0.3 is 24.2 Å². The summed E-state index contributed by atoms with van der Waals surface area (Å²) in [7, 11) is 4.00. The molecule has 0 aliphatic rings. The minimum atomic E-state index is -1.74. The summed E-state index contributed by atoms with van der Waals surface area (Å²) in [6, 6.07) is 6.60. The standard InChI is InChI=1S/C26H25FN4O10/c1-13(32)39-19-11-18(12-20(40-14(2)33)22(19)41-15(3)34)30(26(37)38)21-23(28(4)5)31(25(36)29(6)24(21)35)17-9-7-16(27)8-10-17/h7-12H,1-6H3,(H,37,38). The first kappa shape index (κ1) is 30.1. The van der Waals surface area contributed by atoms with Crippen LogP contribution in [0.1, 0.15) is 20.8 Å². The number of esters is 3. The van der Waals surface area contributed by atoms with Crippen molar-refractivity contribution >= 4 is 41.2 Å². The first-order valence-electron chi connectivity index (χ1n) is 11.7. The molecule has 0 fully saturated rings. The molecule has 2 aromatic carbocycles. The third-order valence-corrected chi connectivity index (χ3v) is 5.35. The number of carbonyl (C=O) groups is 4. The lowest BCUT2D eigenvalue weighted by Gasteiger charge is -2.28. The second-order valence-corrected chi connectivity index (χ2v) is 8.70. The summed E-state index contributed by atoms with van der Waals surface area (Å²) in [5.74, 6) is -5.04. The van der Waals surface area contributed by atoms with Crippen LogP contribution in [0.3, 0.4) is 0 Å². The number of ether oxygens (including phenoxy) is 3. The molecule has 1 amide bonds. The van der Waals surface area contributed by atoms with E-state index in [4.69, 9.17) is 14.2 Å². The highest BCUT2D eigenvalue weighted by Crippen LogP contribution is 2.44. The van der Waals surface area contributed by atoms with Crippen LogP contribution in [0.5, 0.6) is 17.2 Å². The number of anilines is 3. The molecule has 15 heteroatoms. The van der Waals surface area contributed by atoms with Crippen molar-refractivity contribution in [3.05, 3.63) is 63.1 Å². The van der Waals surface area contributed by atoms with Gasteiger partial charge in [-0.25, -0.2) is 23.4 Å². The molecule has 0 spiro atoms. The first-order chi connectivity index (χ1) is 19.1. The van der Waals surface area contributed by atoms with Crippen molar-refractivity contribution in [1.29, 1.82) is 0 Å². The molecular formula is C26H25FN4O10. The summed E-state index contributed by atoms with van der Waals surface area (Å²) in [5, 5.41) is 10.4. The van der Waals surface area contributed by atoms with Crippen molar-refractivity contribution in [1.82, 2.24) is 9.13 Å². The topological polar surface area (TPSA) is 167 Å². The Labute approximate surface area is 231 Å². The fourth-order valence-corrected chi connectivity index (χ4v) is 3.85. The van der Waals surface area contributed by atoms with E-state index in [0.29, 0.717) is 9.47 Å². The lowest BCUT2D eigenvalue weighted by atomic mass is 10.2. The highest BCUT2D eigenvalue weighted by atomic mass is 19.1. The van der Waals surface area contributed by atoms with Crippen molar-refractivity contribution in [3.8, 4) is 22.9 Å². The Hall–Kier alpha value is -5.47. The van der Waals surface area contributed by atoms with Gasteiger partial charge in [0.05, 0.1) is 11.4 Å². The molecule has 0 saturated carbocycles. The Bertz CT molecular complexity index is 1640. The molecule has 14 nitrogen and oxygen atoms in total. The van der Waals surface area contributed by atoms with Crippen LogP contribution in [0.25, 0.3) is 5.69 Å². The molecule has 1 N–H and O–H groups in total. The van der Waals surface area contributed by atoms with Gasteiger partial charge in [0.1, 0.15) is 11.6 Å². The predicted molar refractivity (Wildman–Crippen MR) is 142 cm³/mol. The lowest BCUT2D eigenvalue weighted by Crippen LogP contribution is -2.44. The monoisotopic (exact) mass is 572 g/mol. The fourth-order valence-electron chi connectivity index (χ4n) is 3.85. The number of hydrogen-bond donors (Lipinski definition) is 1. The summed E-state index contributed by atoms with van der Waals surface area (Å²) in [6.07, 6.45) is -1.74. The van der Waals surface area contributed by atoms with Gasteiger partial charge in [-0.3, -0.25) is 23.7 Å². The van der Waals surface area contributed by atoms with Crippen LogP contribution >= 0.6 is 0 Å². The van der Waals surface area contributed by atoms with Gasteiger partial charge >= 0.3 is 29.7 Å². The number of aromatic nitrogens is 2. The van der Waals surface area contributed by atoms with E-state index < -0.39 is 69.7 Å². The number of benzene rings is 2. The second-order valence-electron chi connectivity index (χ2n) is 8.70. The van der Waals surface area contributed by atoms with Crippen molar-refractivity contribution in [3.63, 3.8) is 0 Å². The van der Waals surface area contributed by atoms with E-state index in [1.807, 2.05) is 0 Å². The minimum absolute atomic E-state index is 0.105. The average molecular weight is 573 g/mol. The lowest BCUT2D eigenvalue weighted by molar-refractivity contribution is -0.135. The van der Waals surface area contributed by atoms with E-state index in [2.05, 4.69) is 0 Å². The largest absolute Gasteiger partial charge is 0.464 e. The van der Waals surface area contributed by atoms with Crippen LogP contribution in [0, 0.1) is 5.82 Å². The van der Waals surface area contributed by atoms with Gasteiger partial charge in [-0.2, -0.15) is 0 Å². The van der Waals surface area contributed by atoms with Crippen molar-refractivity contribution in [2.75, 3.05) is 23.9 Å². The summed E-state index contributed by atoms with van der Waals surface area (Å²) >= 11 is 0. The maximum Gasteiger partial charge on any atom is 0.416 e. The van der Waals surface area contributed by atoms with E-state index in [9.17, 15) is 38.3 Å². The predicted octanol–water partition coefficient (Wildman–Crippen LogP) is 2.33. The van der Waals surface area contributed by atoms with E-state index in [0.717, 1.165) is 56.7 Å². The summed E-state index contributed by atoms with van der Waals surface area (Å²) in [5.41, 5.74) is -2.78. The molecule has 216 valence electrons. The Balaban J connectivity index is 2.50. The van der Waals surface area contributed by atoms with Gasteiger partial charge in [-0.1, -0.05) is 0 Å². The molecule has 0 atom stereocenters. The molecule has 41 heavy (non-hydrogen) atoms. The smallest absolute Gasteiger partial charge is 0.416 e. The van der Waals surface area contributed by atoms with Crippen LogP contribution in [0.2, 0.25) is 0 Å². The SMILES string of the molecule is CC(=O)Oc1cc(N(C(=O)O)c2c(N(C)C)n(-c3ccc(F)cc3)c(=O)n(C)c2=O)cc(OC(C)=O)c1OC(C)=O. The number of halogens is 1. The second kappa shape index (κ2) is 11.7. The molecule has 0 radical (unpaired) electrons. The minimum Gasteiger partial charge on any atom is -0.464 e. The molecular weight excluding hydrogens is 547 g/mol. The normalized spacial score (nSPS) is 10.5. The number of nitrogens with zero attached hydrogens (tertiary/aromatic N) is 4. The van der Waals surface area contributed by atoms with Gasteiger partial charge in [0.2, 0.25) is 5.75 Å². The van der Waals surface area contributed by atoms with Gasteiger partial charge in [0, 0.05) is 54.0 Å².